The Kier molecular flexibility index (Phi) is 2.46. The molecule has 0 bridgehead atoms. The van der Waals surface area contributed by atoms with Crippen molar-refractivity contribution in [3.63, 3.8) is 0 Å². The maximum atomic E-state index is 10.6. The second-order valence-corrected chi connectivity index (χ2v) is 2.41. The van der Waals surface area contributed by atoms with Crippen LogP contribution in [0.1, 0.15) is 26.3 Å². The van der Waals surface area contributed by atoms with Crippen LogP contribution in [0.15, 0.2) is 18.2 Å². The largest absolute Gasteiger partial charge is 0.478 e. The molecule has 1 aromatic rings. The summed E-state index contributed by atoms with van der Waals surface area (Å²) in [7, 11) is 0. The Morgan fingerprint density at radius 2 is 2.15 bits per heavy atom. The molecule has 64 valence electrons. The summed E-state index contributed by atoms with van der Waals surface area (Å²) in [4.78, 5) is 20.9. The SMILES string of the molecule is C#Cc1cc(C=O)cc(C(=O)O)c1. The molecule has 0 aliphatic heterocycles. The lowest BCUT2D eigenvalue weighted by atomic mass is 10.1. The number of hydrogen-bond acceptors (Lipinski definition) is 2. The zero-order chi connectivity index (χ0) is 9.84. The number of carboxylic acid groups (broad SMARTS) is 1. The van der Waals surface area contributed by atoms with E-state index in [1.807, 2.05) is 0 Å². The van der Waals surface area contributed by atoms with E-state index in [0.717, 1.165) is 0 Å². The minimum absolute atomic E-state index is 0.0255. The van der Waals surface area contributed by atoms with Gasteiger partial charge in [-0.15, -0.1) is 6.42 Å². The summed E-state index contributed by atoms with van der Waals surface area (Å²) in [6, 6.07) is 4.07. The number of aromatic carboxylic acids is 1. The Morgan fingerprint density at radius 3 is 2.62 bits per heavy atom. The molecule has 0 aromatic heterocycles. The molecule has 0 atom stereocenters. The van der Waals surface area contributed by atoms with Gasteiger partial charge in [-0.1, -0.05) is 5.92 Å². The minimum Gasteiger partial charge on any atom is -0.478 e. The fourth-order valence-corrected chi connectivity index (χ4v) is 0.926. The van der Waals surface area contributed by atoms with E-state index in [4.69, 9.17) is 11.5 Å². The van der Waals surface area contributed by atoms with Gasteiger partial charge in [-0.05, 0) is 18.2 Å². The highest BCUT2D eigenvalue weighted by Crippen LogP contribution is 2.08. The van der Waals surface area contributed by atoms with E-state index in [2.05, 4.69) is 5.92 Å². The molecule has 0 aliphatic carbocycles. The number of carboxylic acids is 1. The van der Waals surface area contributed by atoms with Gasteiger partial charge in [-0.3, -0.25) is 4.79 Å². The van der Waals surface area contributed by atoms with Gasteiger partial charge in [0.05, 0.1) is 5.56 Å². The van der Waals surface area contributed by atoms with E-state index in [1.165, 1.54) is 18.2 Å². The van der Waals surface area contributed by atoms with Gasteiger partial charge in [0.2, 0.25) is 0 Å². The first kappa shape index (κ1) is 9.01. The van der Waals surface area contributed by atoms with E-state index in [9.17, 15) is 9.59 Å². The van der Waals surface area contributed by atoms with Crippen LogP contribution in [-0.2, 0) is 0 Å². The quantitative estimate of drug-likeness (QED) is 0.541. The zero-order valence-corrected chi connectivity index (χ0v) is 6.65. The molecule has 0 saturated carbocycles. The maximum Gasteiger partial charge on any atom is 0.335 e. The Morgan fingerprint density at radius 1 is 1.46 bits per heavy atom. The van der Waals surface area contributed by atoms with E-state index < -0.39 is 5.97 Å². The van der Waals surface area contributed by atoms with Crippen LogP contribution in [0.5, 0.6) is 0 Å². The lowest BCUT2D eigenvalue weighted by Crippen LogP contribution is -1.98. The first-order valence-electron chi connectivity index (χ1n) is 3.47. The van der Waals surface area contributed by atoms with Crippen molar-refractivity contribution >= 4 is 12.3 Å². The van der Waals surface area contributed by atoms with Gasteiger partial charge in [0, 0.05) is 11.1 Å². The third-order valence-electron chi connectivity index (χ3n) is 1.51. The van der Waals surface area contributed by atoms with Gasteiger partial charge < -0.3 is 5.11 Å². The van der Waals surface area contributed by atoms with Crippen LogP contribution in [0.4, 0.5) is 0 Å². The van der Waals surface area contributed by atoms with E-state index in [1.54, 1.807) is 0 Å². The molecule has 13 heavy (non-hydrogen) atoms. The smallest absolute Gasteiger partial charge is 0.335 e. The Balaban J connectivity index is 3.32. The molecule has 0 heterocycles. The highest BCUT2D eigenvalue weighted by Gasteiger charge is 2.05. The number of terminal acetylenes is 1. The predicted octanol–water partition coefficient (Wildman–Crippen LogP) is 1.18. The van der Waals surface area contributed by atoms with Crippen LogP contribution >= 0.6 is 0 Å². The van der Waals surface area contributed by atoms with Crippen molar-refractivity contribution in [2.75, 3.05) is 0 Å². The Bertz CT molecular complexity index is 399. The lowest BCUT2D eigenvalue weighted by molar-refractivity contribution is 0.0697. The molecule has 0 fully saturated rings. The van der Waals surface area contributed by atoms with Gasteiger partial charge in [0.25, 0.3) is 0 Å². The zero-order valence-electron chi connectivity index (χ0n) is 6.65. The summed E-state index contributed by atoms with van der Waals surface area (Å²) >= 11 is 0. The van der Waals surface area contributed by atoms with Crippen molar-refractivity contribution in [1.29, 1.82) is 0 Å². The Hall–Kier alpha value is -2.08. The van der Waals surface area contributed by atoms with Crippen LogP contribution < -0.4 is 0 Å². The van der Waals surface area contributed by atoms with Crippen molar-refractivity contribution < 1.29 is 14.7 Å². The normalized spacial score (nSPS) is 8.85. The van der Waals surface area contributed by atoms with Crippen molar-refractivity contribution in [2.45, 2.75) is 0 Å². The monoisotopic (exact) mass is 174 g/mol. The molecule has 3 nitrogen and oxygen atoms in total. The molecule has 1 N–H and O–H groups in total. The van der Waals surface area contributed by atoms with Crippen molar-refractivity contribution in [2.24, 2.45) is 0 Å². The number of rotatable bonds is 2. The number of benzene rings is 1. The van der Waals surface area contributed by atoms with Crippen LogP contribution in [0, 0.1) is 12.3 Å². The molecule has 0 saturated heterocycles. The highest BCUT2D eigenvalue weighted by atomic mass is 16.4. The molecule has 0 aliphatic rings. The molecule has 3 heteroatoms. The lowest BCUT2D eigenvalue weighted by Gasteiger charge is -1.97. The number of carbonyl (C=O) groups is 2. The van der Waals surface area contributed by atoms with Gasteiger partial charge in [0.15, 0.2) is 0 Å². The standard InChI is InChI=1S/C10H6O3/c1-2-7-3-8(6-11)5-9(4-7)10(12)13/h1,3-6H,(H,12,13). The topological polar surface area (TPSA) is 54.4 Å². The Labute approximate surface area is 75.0 Å². The fourth-order valence-electron chi connectivity index (χ4n) is 0.926. The van der Waals surface area contributed by atoms with Gasteiger partial charge in [0.1, 0.15) is 6.29 Å². The number of hydrogen-bond donors (Lipinski definition) is 1. The van der Waals surface area contributed by atoms with Crippen LogP contribution in [0.25, 0.3) is 0 Å². The number of carbonyl (C=O) groups excluding carboxylic acids is 1. The molecular formula is C10H6O3. The predicted molar refractivity (Wildman–Crippen MR) is 46.7 cm³/mol. The summed E-state index contributed by atoms with van der Waals surface area (Å²) in [5.41, 5.74) is 0.687. The number of aldehydes is 1. The molecular weight excluding hydrogens is 168 g/mol. The van der Waals surface area contributed by atoms with E-state index >= 15 is 0 Å². The molecule has 1 aromatic carbocycles. The summed E-state index contributed by atoms with van der Waals surface area (Å²) < 4.78 is 0. The summed E-state index contributed by atoms with van der Waals surface area (Å²) in [5.74, 6) is 1.18. The summed E-state index contributed by atoms with van der Waals surface area (Å²) in [6.07, 6.45) is 5.65. The maximum absolute atomic E-state index is 10.6. The second kappa shape index (κ2) is 3.55. The average Bonchev–Trinajstić information content (AvgIpc) is 2.16. The van der Waals surface area contributed by atoms with E-state index in [0.29, 0.717) is 11.8 Å². The summed E-state index contributed by atoms with van der Waals surface area (Å²) in [6.45, 7) is 0. The summed E-state index contributed by atoms with van der Waals surface area (Å²) in [5, 5.41) is 8.64. The molecule has 1 rings (SSSR count). The molecule has 0 radical (unpaired) electrons. The van der Waals surface area contributed by atoms with Crippen molar-refractivity contribution in [3.05, 3.63) is 34.9 Å². The van der Waals surface area contributed by atoms with Crippen LogP contribution in [0.2, 0.25) is 0 Å². The third-order valence-corrected chi connectivity index (χ3v) is 1.51. The third kappa shape index (κ3) is 1.94. The van der Waals surface area contributed by atoms with Crippen molar-refractivity contribution in [3.8, 4) is 12.3 Å². The van der Waals surface area contributed by atoms with Crippen LogP contribution in [0.3, 0.4) is 0 Å². The first-order chi connectivity index (χ1) is 6.17. The second-order valence-electron chi connectivity index (χ2n) is 2.41. The average molecular weight is 174 g/mol. The molecule has 0 unspecified atom stereocenters. The molecule has 0 spiro atoms. The van der Waals surface area contributed by atoms with E-state index in [-0.39, 0.29) is 11.1 Å². The minimum atomic E-state index is -1.10. The van der Waals surface area contributed by atoms with Crippen molar-refractivity contribution in [1.82, 2.24) is 0 Å². The van der Waals surface area contributed by atoms with Gasteiger partial charge >= 0.3 is 5.97 Å². The van der Waals surface area contributed by atoms with Gasteiger partial charge in [-0.2, -0.15) is 0 Å². The highest BCUT2D eigenvalue weighted by molar-refractivity contribution is 5.90. The van der Waals surface area contributed by atoms with Crippen LogP contribution in [-0.4, -0.2) is 17.4 Å². The fraction of sp³-hybridized carbons (Fsp3) is 0. The molecule has 0 amide bonds. The van der Waals surface area contributed by atoms with Gasteiger partial charge in [-0.25, -0.2) is 4.79 Å². The first-order valence-corrected chi connectivity index (χ1v) is 3.47.